The minimum atomic E-state index is -0.0945. The molecule has 0 spiro atoms. The third-order valence-electron chi connectivity index (χ3n) is 4.63. The highest BCUT2D eigenvalue weighted by Gasteiger charge is 2.36. The lowest BCUT2D eigenvalue weighted by molar-refractivity contribution is -0.140. The zero-order chi connectivity index (χ0) is 16.0. The fourth-order valence-electron chi connectivity index (χ4n) is 3.06. The molecule has 1 heterocycles. The first kappa shape index (κ1) is 19.5. The smallest absolute Gasteiger partial charge is 0.305 e. The van der Waals surface area contributed by atoms with Crippen molar-refractivity contribution in [2.75, 3.05) is 7.11 Å². The van der Waals surface area contributed by atoms with Crippen LogP contribution in [0.5, 0.6) is 0 Å². The van der Waals surface area contributed by atoms with Crippen LogP contribution in [-0.2, 0) is 14.3 Å². The van der Waals surface area contributed by atoms with Crippen LogP contribution in [0, 0.1) is 0 Å². The molecule has 3 nitrogen and oxygen atoms in total. The number of esters is 1. The van der Waals surface area contributed by atoms with E-state index in [9.17, 15) is 4.79 Å². The van der Waals surface area contributed by atoms with Crippen molar-refractivity contribution in [3.8, 4) is 0 Å². The number of unbranched alkanes of at least 4 members (excludes halogenated alkanes) is 9. The number of epoxide rings is 1. The second kappa shape index (κ2) is 12.9. The minimum Gasteiger partial charge on any atom is -0.469 e. The van der Waals surface area contributed by atoms with E-state index in [1.807, 2.05) is 0 Å². The van der Waals surface area contributed by atoms with Crippen molar-refractivity contribution in [2.24, 2.45) is 0 Å². The first-order chi connectivity index (χ1) is 10.8. The monoisotopic (exact) mass is 312 g/mol. The van der Waals surface area contributed by atoms with Gasteiger partial charge in [-0.05, 0) is 19.3 Å². The fraction of sp³-hybridized carbons (Fsp3) is 0.947. The van der Waals surface area contributed by atoms with Gasteiger partial charge in [-0.3, -0.25) is 4.79 Å². The molecule has 0 unspecified atom stereocenters. The van der Waals surface area contributed by atoms with E-state index in [-0.39, 0.29) is 5.97 Å². The summed E-state index contributed by atoms with van der Waals surface area (Å²) in [4.78, 5) is 11.0. The lowest BCUT2D eigenvalue weighted by Crippen LogP contribution is -2.00. The average Bonchev–Trinajstić information content (AvgIpc) is 3.28. The van der Waals surface area contributed by atoms with Crippen molar-refractivity contribution in [2.45, 2.75) is 109 Å². The number of ether oxygens (including phenoxy) is 2. The van der Waals surface area contributed by atoms with Crippen LogP contribution in [0.15, 0.2) is 0 Å². The molecular weight excluding hydrogens is 276 g/mol. The van der Waals surface area contributed by atoms with Crippen LogP contribution in [-0.4, -0.2) is 25.3 Å². The third-order valence-corrected chi connectivity index (χ3v) is 4.63. The van der Waals surface area contributed by atoms with Crippen molar-refractivity contribution >= 4 is 5.97 Å². The predicted octanol–water partition coefficient (Wildman–Crippen LogP) is 5.41. The fourth-order valence-corrected chi connectivity index (χ4v) is 3.06. The Morgan fingerprint density at radius 2 is 1.32 bits per heavy atom. The number of methoxy groups -OCH3 is 1. The summed E-state index contributed by atoms with van der Waals surface area (Å²) >= 11 is 0. The molecule has 1 aliphatic rings. The summed E-state index contributed by atoms with van der Waals surface area (Å²) in [6, 6.07) is 0. The van der Waals surface area contributed by atoms with E-state index in [2.05, 4.69) is 11.7 Å². The summed E-state index contributed by atoms with van der Waals surface area (Å²) < 4.78 is 10.3. The van der Waals surface area contributed by atoms with Crippen molar-refractivity contribution < 1.29 is 14.3 Å². The molecule has 0 aromatic carbocycles. The van der Waals surface area contributed by atoms with Gasteiger partial charge < -0.3 is 9.47 Å². The number of hydrogen-bond donors (Lipinski definition) is 0. The molecule has 1 saturated heterocycles. The Kier molecular flexibility index (Phi) is 11.4. The molecule has 0 aliphatic carbocycles. The lowest BCUT2D eigenvalue weighted by Gasteiger charge is -2.01. The van der Waals surface area contributed by atoms with Gasteiger partial charge in [0.2, 0.25) is 0 Å². The van der Waals surface area contributed by atoms with Crippen LogP contribution in [0.1, 0.15) is 96.8 Å². The number of hydrogen-bond acceptors (Lipinski definition) is 3. The van der Waals surface area contributed by atoms with Gasteiger partial charge in [0.15, 0.2) is 0 Å². The van der Waals surface area contributed by atoms with E-state index in [4.69, 9.17) is 4.74 Å². The van der Waals surface area contributed by atoms with Gasteiger partial charge in [0.25, 0.3) is 0 Å². The summed E-state index contributed by atoms with van der Waals surface area (Å²) in [5.41, 5.74) is 0. The summed E-state index contributed by atoms with van der Waals surface area (Å²) in [6.45, 7) is 2.27. The maximum absolute atomic E-state index is 11.0. The Morgan fingerprint density at radius 3 is 1.86 bits per heavy atom. The van der Waals surface area contributed by atoms with Crippen LogP contribution in [0.3, 0.4) is 0 Å². The molecule has 0 radical (unpaired) electrons. The van der Waals surface area contributed by atoms with Crippen LogP contribution < -0.4 is 0 Å². The van der Waals surface area contributed by atoms with Gasteiger partial charge in [-0.25, -0.2) is 0 Å². The maximum atomic E-state index is 11.0. The Hall–Kier alpha value is -0.570. The summed E-state index contributed by atoms with van der Waals surface area (Å²) in [5, 5.41) is 0. The van der Waals surface area contributed by atoms with Crippen molar-refractivity contribution in [1.82, 2.24) is 0 Å². The van der Waals surface area contributed by atoms with Gasteiger partial charge in [-0.2, -0.15) is 0 Å². The van der Waals surface area contributed by atoms with Crippen LogP contribution >= 0.6 is 0 Å². The molecule has 22 heavy (non-hydrogen) atoms. The maximum Gasteiger partial charge on any atom is 0.305 e. The molecule has 0 amide bonds. The SMILES string of the molecule is CCCCCCCCCCC[C@H]1O[C@@H]1CCCCC(=O)OC. The third kappa shape index (κ3) is 10.2. The standard InChI is InChI=1S/C19H36O3/c1-3-4-5-6-7-8-9-10-11-14-17-18(22-17)15-12-13-16-19(20)21-2/h17-18H,3-16H2,1-2H3/t17-,18-/m1/s1. The second-order valence-electron chi connectivity index (χ2n) is 6.65. The first-order valence-electron chi connectivity index (χ1n) is 9.50. The van der Waals surface area contributed by atoms with Crippen molar-refractivity contribution in [3.05, 3.63) is 0 Å². The highest BCUT2D eigenvalue weighted by molar-refractivity contribution is 5.68. The normalized spacial score (nSPS) is 20.1. The molecule has 1 aliphatic heterocycles. The molecule has 0 aromatic heterocycles. The summed E-state index contributed by atoms with van der Waals surface area (Å²) in [5.74, 6) is -0.0945. The van der Waals surface area contributed by atoms with Gasteiger partial charge in [-0.1, -0.05) is 71.1 Å². The average molecular weight is 312 g/mol. The van der Waals surface area contributed by atoms with Crippen molar-refractivity contribution in [1.29, 1.82) is 0 Å². The van der Waals surface area contributed by atoms with E-state index >= 15 is 0 Å². The molecular formula is C19H36O3. The predicted molar refractivity (Wildman–Crippen MR) is 91.0 cm³/mol. The lowest BCUT2D eigenvalue weighted by atomic mass is 10.0. The van der Waals surface area contributed by atoms with Crippen molar-refractivity contribution in [3.63, 3.8) is 0 Å². The molecule has 130 valence electrons. The largest absolute Gasteiger partial charge is 0.469 e. The molecule has 0 saturated carbocycles. The molecule has 0 aromatic rings. The van der Waals surface area contributed by atoms with E-state index in [1.54, 1.807) is 0 Å². The molecule has 1 rings (SSSR count). The van der Waals surface area contributed by atoms with E-state index < -0.39 is 0 Å². The van der Waals surface area contributed by atoms with Crippen LogP contribution in [0.25, 0.3) is 0 Å². The van der Waals surface area contributed by atoms with Gasteiger partial charge in [0, 0.05) is 6.42 Å². The Labute approximate surface area is 137 Å². The van der Waals surface area contributed by atoms with E-state index in [1.165, 1.54) is 71.3 Å². The minimum absolute atomic E-state index is 0.0945. The molecule has 1 fully saturated rings. The molecule has 0 bridgehead atoms. The Balaban J connectivity index is 1.77. The van der Waals surface area contributed by atoms with Gasteiger partial charge >= 0.3 is 5.97 Å². The van der Waals surface area contributed by atoms with Gasteiger partial charge in [0.1, 0.15) is 0 Å². The Bertz CT molecular complexity index is 278. The summed E-state index contributed by atoms with van der Waals surface area (Å²) in [6.07, 6.45) is 18.4. The zero-order valence-electron chi connectivity index (χ0n) is 14.8. The van der Waals surface area contributed by atoms with E-state index in [0.29, 0.717) is 18.6 Å². The van der Waals surface area contributed by atoms with Gasteiger partial charge in [0.05, 0.1) is 19.3 Å². The Morgan fingerprint density at radius 1 is 0.818 bits per heavy atom. The number of rotatable bonds is 15. The van der Waals surface area contributed by atoms with Crippen LogP contribution in [0.4, 0.5) is 0 Å². The number of carbonyl (C=O) groups excluding carboxylic acids is 1. The first-order valence-corrected chi connectivity index (χ1v) is 9.50. The quantitative estimate of drug-likeness (QED) is 0.230. The van der Waals surface area contributed by atoms with Crippen LogP contribution in [0.2, 0.25) is 0 Å². The number of carbonyl (C=O) groups is 1. The van der Waals surface area contributed by atoms with Gasteiger partial charge in [-0.15, -0.1) is 0 Å². The zero-order valence-corrected chi connectivity index (χ0v) is 14.8. The highest BCUT2D eigenvalue weighted by Crippen LogP contribution is 2.31. The van der Waals surface area contributed by atoms with E-state index in [0.717, 1.165) is 19.3 Å². The summed E-state index contributed by atoms with van der Waals surface area (Å²) in [7, 11) is 1.45. The molecule has 0 N–H and O–H groups in total. The molecule has 3 heteroatoms. The molecule has 2 atom stereocenters. The highest BCUT2D eigenvalue weighted by atomic mass is 16.6. The second-order valence-corrected chi connectivity index (χ2v) is 6.65. The topological polar surface area (TPSA) is 38.8 Å².